The number of hydrogen-bond donors (Lipinski definition) is 1. The Labute approximate surface area is 69.3 Å². The average molecular weight is 157 g/mol. The van der Waals surface area contributed by atoms with Crippen LogP contribution in [0.15, 0.2) is 0 Å². The van der Waals surface area contributed by atoms with Gasteiger partial charge in [-0.25, -0.2) is 0 Å². The molecule has 1 atom stereocenters. The van der Waals surface area contributed by atoms with Crippen molar-refractivity contribution in [3.63, 3.8) is 0 Å². The molecule has 0 radical (unpaired) electrons. The van der Waals surface area contributed by atoms with Gasteiger partial charge in [0.1, 0.15) is 0 Å². The highest BCUT2D eigenvalue weighted by molar-refractivity contribution is 4.70. The van der Waals surface area contributed by atoms with Crippen molar-refractivity contribution in [2.24, 2.45) is 0 Å². The molecule has 1 aliphatic rings. The number of rotatable bonds is 4. The molecule has 2 heteroatoms. The van der Waals surface area contributed by atoms with E-state index >= 15 is 0 Å². The van der Waals surface area contributed by atoms with Gasteiger partial charge in [-0.2, -0.15) is 0 Å². The minimum atomic E-state index is 0.635. The first-order valence-electron chi connectivity index (χ1n) is 4.74. The normalized spacial score (nSPS) is 25.4. The van der Waals surface area contributed by atoms with E-state index in [9.17, 15) is 0 Å². The summed E-state index contributed by atoms with van der Waals surface area (Å²) in [6, 6.07) is 0.635. The van der Waals surface area contributed by atoms with Crippen LogP contribution in [0.4, 0.5) is 0 Å². The van der Waals surface area contributed by atoms with Gasteiger partial charge in [0.05, 0.1) is 6.61 Å². The van der Waals surface area contributed by atoms with E-state index in [2.05, 4.69) is 12.2 Å². The Morgan fingerprint density at radius 3 is 3.00 bits per heavy atom. The number of nitrogens with one attached hydrogen (secondary N) is 1. The average Bonchev–Trinajstić information content (AvgIpc) is 2.07. The second-order valence-electron chi connectivity index (χ2n) is 3.22. The summed E-state index contributed by atoms with van der Waals surface area (Å²) in [6.07, 6.45) is 5.13. The molecule has 0 aromatic heterocycles. The molecule has 0 aromatic rings. The minimum absolute atomic E-state index is 0.635. The Morgan fingerprint density at radius 1 is 1.45 bits per heavy atom. The van der Waals surface area contributed by atoms with Gasteiger partial charge in [0, 0.05) is 12.6 Å². The molecule has 0 bridgehead atoms. The summed E-state index contributed by atoms with van der Waals surface area (Å²) in [5.74, 6) is 0. The van der Waals surface area contributed by atoms with Crippen LogP contribution in [0.3, 0.4) is 0 Å². The lowest BCUT2D eigenvalue weighted by molar-refractivity contribution is 0.104. The SMILES string of the molecule is CCCOCC1CCCCN1. The molecule has 0 aromatic carbocycles. The Kier molecular flexibility index (Phi) is 4.55. The van der Waals surface area contributed by atoms with Gasteiger partial charge >= 0.3 is 0 Å². The van der Waals surface area contributed by atoms with Crippen LogP contribution in [0.2, 0.25) is 0 Å². The molecule has 1 aliphatic heterocycles. The summed E-state index contributed by atoms with van der Waals surface area (Å²) in [5.41, 5.74) is 0. The van der Waals surface area contributed by atoms with Crippen LogP contribution in [0, 0.1) is 0 Å². The highest BCUT2D eigenvalue weighted by atomic mass is 16.5. The Balaban J connectivity index is 1.96. The molecule has 2 nitrogen and oxygen atoms in total. The van der Waals surface area contributed by atoms with Crippen molar-refractivity contribution in [1.29, 1.82) is 0 Å². The lowest BCUT2D eigenvalue weighted by Crippen LogP contribution is -2.37. The third-order valence-electron chi connectivity index (χ3n) is 2.08. The number of piperidine rings is 1. The monoisotopic (exact) mass is 157 g/mol. The van der Waals surface area contributed by atoms with Gasteiger partial charge in [-0.05, 0) is 25.8 Å². The van der Waals surface area contributed by atoms with Gasteiger partial charge in [0.25, 0.3) is 0 Å². The fraction of sp³-hybridized carbons (Fsp3) is 1.00. The van der Waals surface area contributed by atoms with Gasteiger partial charge in [-0.1, -0.05) is 13.3 Å². The smallest absolute Gasteiger partial charge is 0.0619 e. The van der Waals surface area contributed by atoms with Crippen LogP contribution in [-0.2, 0) is 4.74 Å². The molecule has 1 N–H and O–H groups in total. The van der Waals surface area contributed by atoms with E-state index in [1.165, 1.54) is 25.8 Å². The summed E-state index contributed by atoms with van der Waals surface area (Å²) < 4.78 is 5.46. The first-order valence-corrected chi connectivity index (χ1v) is 4.74. The van der Waals surface area contributed by atoms with Crippen LogP contribution in [0.1, 0.15) is 32.6 Å². The molecular weight excluding hydrogens is 138 g/mol. The second kappa shape index (κ2) is 5.56. The summed E-state index contributed by atoms with van der Waals surface area (Å²) in [5, 5.41) is 3.45. The van der Waals surface area contributed by atoms with Crippen molar-refractivity contribution in [1.82, 2.24) is 5.32 Å². The van der Waals surface area contributed by atoms with Gasteiger partial charge in [0.2, 0.25) is 0 Å². The predicted molar refractivity (Wildman–Crippen MR) is 46.8 cm³/mol. The minimum Gasteiger partial charge on any atom is -0.380 e. The molecule has 1 heterocycles. The van der Waals surface area contributed by atoms with Crippen molar-refractivity contribution in [2.75, 3.05) is 19.8 Å². The Hall–Kier alpha value is -0.0800. The van der Waals surface area contributed by atoms with Crippen molar-refractivity contribution in [3.8, 4) is 0 Å². The molecule has 1 rings (SSSR count). The fourth-order valence-electron chi connectivity index (χ4n) is 1.44. The molecule has 1 unspecified atom stereocenters. The zero-order valence-electron chi connectivity index (χ0n) is 7.44. The lowest BCUT2D eigenvalue weighted by Gasteiger charge is -2.22. The Bertz CT molecular complexity index is 89.6. The van der Waals surface area contributed by atoms with Crippen LogP contribution in [-0.4, -0.2) is 25.8 Å². The maximum Gasteiger partial charge on any atom is 0.0619 e. The molecule has 0 amide bonds. The molecule has 1 fully saturated rings. The highest BCUT2D eigenvalue weighted by Gasteiger charge is 2.11. The van der Waals surface area contributed by atoms with Gasteiger partial charge < -0.3 is 10.1 Å². The third kappa shape index (κ3) is 3.73. The molecular formula is C9H19NO. The number of ether oxygens (including phenoxy) is 1. The van der Waals surface area contributed by atoms with E-state index in [1.807, 2.05) is 0 Å². The molecule has 11 heavy (non-hydrogen) atoms. The summed E-state index contributed by atoms with van der Waals surface area (Å²) in [7, 11) is 0. The molecule has 0 spiro atoms. The van der Waals surface area contributed by atoms with Crippen LogP contribution >= 0.6 is 0 Å². The molecule has 0 saturated carbocycles. The second-order valence-corrected chi connectivity index (χ2v) is 3.22. The molecule has 1 saturated heterocycles. The predicted octanol–water partition coefficient (Wildman–Crippen LogP) is 1.56. The quantitative estimate of drug-likeness (QED) is 0.625. The van der Waals surface area contributed by atoms with Crippen molar-refractivity contribution >= 4 is 0 Å². The summed E-state index contributed by atoms with van der Waals surface area (Å²) in [6.45, 7) is 5.15. The molecule has 0 aliphatic carbocycles. The topological polar surface area (TPSA) is 21.3 Å². The Morgan fingerprint density at radius 2 is 2.36 bits per heavy atom. The standard InChI is InChI=1S/C9H19NO/c1-2-7-11-8-9-5-3-4-6-10-9/h9-10H,2-8H2,1H3. The maximum absolute atomic E-state index is 5.46. The van der Waals surface area contributed by atoms with E-state index in [0.717, 1.165) is 19.6 Å². The zero-order valence-corrected chi connectivity index (χ0v) is 7.44. The lowest BCUT2D eigenvalue weighted by atomic mass is 10.1. The molecule has 66 valence electrons. The zero-order chi connectivity index (χ0) is 7.94. The van der Waals surface area contributed by atoms with Gasteiger partial charge in [-0.3, -0.25) is 0 Å². The number of hydrogen-bond acceptors (Lipinski definition) is 2. The van der Waals surface area contributed by atoms with Gasteiger partial charge in [-0.15, -0.1) is 0 Å². The van der Waals surface area contributed by atoms with E-state index in [0.29, 0.717) is 6.04 Å². The largest absolute Gasteiger partial charge is 0.380 e. The van der Waals surface area contributed by atoms with Crippen molar-refractivity contribution < 1.29 is 4.74 Å². The highest BCUT2D eigenvalue weighted by Crippen LogP contribution is 2.06. The van der Waals surface area contributed by atoms with Crippen LogP contribution < -0.4 is 5.32 Å². The summed E-state index contributed by atoms with van der Waals surface area (Å²) in [4.78, 5) is 0. The first-order chi connectivity index (χ1) is 5.43. The van der Waals surface area contributed by atoms with Crippen LogP contribution in [0.5, 0.6) is 0 Å². The first kappa shape index (κ1) is 9.01. The third-order valence-corrected chi connectivity index (χ3v) is 2.08. The van der Waals surface area contributed by atoms with Crippen LogP contribution in [0.25, 0.3) is 0 Å². The maximum atomic E-state index is 5.46. The van der Waals surface area contributed by atoms with Gasteiger partial charge in [0.15, 0.2) is 0 Å². The fourth-order valence-corrected chi connectivity index (χ4v) is 1.44. The van der Waals surface area contributed by atoms with E-state index < -0.39 is 0 Å². The van der Waals surface area contributed by atoms with E-state index in [1.54, 1.807) is 0 Å². The van der Waals surface area contributed by atoms with E-state index in [-0.39, 0.29) is 0 Å². The van der Waals surface area contributed by atoms with Crippen molar-refractivity contribution in [2.45, 2.75) is 38.6 Å². The van der Waals surface area contributed by atoms with E-state index in [4.69, 9.17) is 4.74 Å². The van der Waals surface area contributed by atoms with Crippen molar-refractivity contribution in [3.05, 3.63) is 0 Å². The summed E-state index contributed by atoms with van der Waals surface area (Å²) >= 11 is 0.